The smallest absolute Gasteiger partial charge is 0.246 e. The summed E-state index contributed by atoms with van der Waals surface area (Å²) in [6.07, 6.45) is -0.667. The number of aromatic nitrogens is 1. The normalized spacial score (nSPS) is 18.1. The summed E-state index contributed by atoms with van der Waals surface area (Å²) in [4.78, 5) is 46.9. The lowest BCUT2D eigenvalue weighted by Crippen LogP contribution is -2.58. The van der Waals surface area contributed by atoms with Crippen LogP contribution in [0.25, 0.3) is 10.4 Å². The standard InChI is InChI=1S/C32H49N5O7S/c1-21(23-6-8-24(9-7-23)28-22(2)34-20-45-28)35-30(40)26-18-25(38)19-37(26)31(41)29(32(3,4)5)36-27(39)10-12-42-14-16-44-17-15-43-13-11-33/h6-9,20-21,25-26,29,38H,10-19,33H2,1-5H3,(H,35,40)(H,36,39)/t21-,25+,26-,29?/m0/s1. The van der Waals surface area contributed by atoms with Crippen LogP contribution < -0.4 is 16.4 Å². The van der Waals surface area contributed by atoms with Gasteiger partial charge in [-0.15, -0.1) is 11.3 Å². The summed E-state index contributed by atoms with van der Waals surface area (Å²) in [5.74, 6) is -1.10. The largest absolute Gasteiger partial charge is 0.391 e. The number of β-amino-alcohol motifs (C(OH)–C–C–N with tert-alkyl or cyclic N) is 1. The van der Waals surface area contributed by atoms with Crippen molar-refractivity contribution >= 4 is 29.1 Å². The van der Waals surface area contributed by atoms with E-state index in [1.54, 1.807) is 11.3 Å². The van der Waals surface area contributed by atoms with Gasteiger partial charge in [-0.25, -0.2) is 4.98 Å². The first-order valence-corrected chi connectivity index (χ1v) is 16.3. The quantitative estimate of drug-likeness (QED) is 0.188. The van der Waals surface area contributed by atoms with Crippen LogP contribution >= 0.6 is 11.3 Å². The lowest BCUT2D eigenvalue weighted by molar-refractivity contribution is -0.144. The first kappa shape index (κ1) is 36.5. The van der Waals surface area contributed by atoms with Gasteiger partial charge in [0.2, 0.25) is 17.7 Å². The van der Waals surface area contributed by atoms with Crippen LogP contribution in [0.1, 0.15) is 57.8 Å². The Kier molecular flexibility index (Phi) is 14.3. The number of aryl methyl sites for hydroxylation is 1. The van der Waals surface area contributed by atoms with E-state index < -0.39 is 29.5 Å². The molecule has 1 aromatic heterocycles. The highest BCUT2D eigenvalue weighted by Gasteiger charge is 2.44. The number of benzene rings is 1. The maximum absolute atomic E-state index is 13.8. The number of hydrogen-bond donors (Lipinski definition) is 4. The molecule has 5 N–H and O–H groups in total. The maximum Gasteiger partial charge on any atom is 0.246 e. The molecule has 1 aromatic carbocycles. The third-order valence-electron chi connectivity index (χ3n) is 7.54. The highest BCUT2D eigenvalue weighted by molar-refractivity contribution is 7.13. The molecule has 45 heavy (non-hydrogen) atoms. The Morgan fingerprint density at radius 2 is 1.67 bits per heavy atom. The highest BCUT2D eigenvalue weighted by atomic mass is 32.1. The van der Waals surface area contributed by atoms with Crippen molar-refractivity contribution in [2.45, 2.75) is 71.7 Å². The van der Waals surface area contributed by atoms with Crippen LogP contribution in [0.2, 0.25) is 0 Å². The predicted octanol–water partition coefficient (Wildman–Crippen LogP) is 2.19. The molecule has 0 bridgehead atoms. The minimum absolute atomic E-state index is 0.0109. The number of thiazole rings is 1. The molecule has 2 aromatic rings. The van der Waals surface area contributed by atoms with Gasteiger partial charge in [0.15, 0.2) is 0 Å². The van der Waals surface area contributed by atoms with Gasteiger partial charge in [0.05, 0.1) is 67.9 Å². The zero-order valence-electron chi connectivity index (χ0n) is 27.0. The van der Waals surface area contributed by atoms with Gasteiger partial charge in [0.1, 0.15) is 12.1 Å². The van der Waals surface area contributed by atoms with E-state index in [1.165, 1.54) is 4.90 Å². The molecule has 0 radical (unpaired) electrons. The maximum atomic E-state index is 13.8. The second-order valence-corrected chi connectivity index (χ2v) is 13.1. The summed E-state index contributed by atoms with van der Waals surface area (Å²) in [5.41, 5.74) is 9.47. The van der Waals surface area contributed by atoms with E-state index in [1.807, 2.05) is 64.4 Å². The molecule has 1 unspecified atom stereocenters. The molecule has 1 aliphatic rings. The summed E-state index contributed by atoms with van der Waals surface area (Å²) in [5, 5.41) is 16.3. The number of aliphatic hydroxyl groups excluding tert-OH is 1. The topological polar surface area (TPSA) is 165 Å². The van der Waals surface area contributed by atoms with Gasteiger partial charge in [-0.3, -0.25) is 14.4 Å². The van der Waals surface area contributed by atoms with Crippen molar-refractivity contribution in [1.82, 2.24) is 20.5 Å². The van der Waals surface area contributed by atoms with E-state index in [-0.39, 0.29) is 43.8 Å². The van der Waals surface area contributed by atoms with E-state index >= 15 is 0 Å². The fourth-order valence-electron chi connectivity index (χ4n) is 5.04. The molecule has 250 valence electrons. The van der Waals surface area contributed by atoms with Crippen LogP contribution in [0.4, 0.5) is 0 Å². The molecule has 0 spiro atoms. The molecule has 0 saturated carbocycles. The fraction of sp³-hybridized carbons (Fsp3) is 0.625. The number of aliphatic hydroxyl groups is 1. The lowest BCUT2D eigenvalue weighted by atomic mass is 9.85. The monoisotopic (exact) mass is 647 g/mol. The third-order valence-corrected chi connectivity index (χ3v) is 8.52. The zero-order chi connectivity index (χ0) is 33.0. The molecule has 12 nitrogen and oxygen atoms in total. The summed E-state index contributed by atoms with van der Waals surface area (Å²) in [6, 6.07) is 5.86. The number of nitrogens with zero attached hydrogens (tertiary/aromatic N) is 2. The Morgan fingerprint density at radius 1 is 1.04 bits per heavy atom. The SMILES string of the molecule is Cc1ncsc1-c1ccc([C@H](C)NC(=O)[C@@H]2C[C@@H](O)CN2C(=O)C(NC(=O)CCOCCOCCOCCN)C(C)(C)C)cc1. The van der Waals surface area contributed by atoms with Gasteiger partial charge < -0.3 is 40.6 Å². The van der Waals surface area contributed by atoms with Crippen LogP contribution in [0.3, 0.4) is 0 Å². The zero-order valence-corrected chi connectivity index (χ0v) is 27.9. The van der Waals surface area contributed by atoms with Gasteiger partial charge in [0, 0.05) is 25.9 Å². The summed E-state index contributed by atoms with van der Waals surface area (Å²) in [6.45, 7) is 12.1. The Morgan fingerprint density at radius 3 is 2.24 bits per heavy atom. The average molecular weight is 648 g/mol. The van der Waals surface area contributed by atoms with Crippen LogP contribution in [0.5, 0.6) is 0 Å². The van der Waals surface area contributed by atoms with Gasteiger partial charge in [-0.2, -0.15) is 0 Å². The second kappa shape index (κ2) is 17.7. The van der Waals surface area contributed by atoms with Crippen molar-refractivity contribution in [3.8, 4) is 10.4 Å². The first-order chi connectivity index (χ1) is 21.4. The molecule has 2 heterocycles. The number of hydrogen-bond acceptors (Lipinski definition) is 10. The van der Waals surface area contributed by atoms with E-state index in [9.17, 15) is 19.5 Å². The van der Waals surface area contributed by atoms with Crippen molar-refractivity contribution in [1.29, 1.82) is 0 Å². The Labute approximate surface area is 270 Å². The Balaban J connectivity index is 1.53. The molecule has 1 fully saturated rings. The number of ether oxygens (including phenoxy) is 3. The Bertz CT molecular complexity index is 1230. The van der Waals surface area contributed by atoms with E-state index in [0.29, 0.717) is 39.6 Å². The van der Waals surface area contributed by atoms with Crippen molar-refractivity contribution < 1.29 is 33.7 Å². The van der Waals surface area contributed by atoms with Gasteiger partial charge in [0.25, 0.3) is 0 Å². The number of nitrogens with one attached hydrogen (secondary N) is 2. The van der Waals surface area contributed by atoms with Crippen LogP contribution in [-0.2, 0) is 28.6 Å². The van der Waals surface area contributed by atoms with Crippen molar-refractivity contribution in [2.75, 3.05) is 52.7 Å². The number of nitrogens with two attached hydrogens (primary N) is 1. The van der Waals surface area contributed by atoms with Crippen molar-refractivity contribution in [2.24, 2.45) is 11.1 Å². The number of rotatable bonds is 17. The van der Waals surface area contributed by atoms with E-state index in [4.69, 9.17) is 19.9 Å². The molecule has 13 heteroatoms. The number of carbonyl (C=O) groups is 3. The highest BCUT2D eigenvalue weighted by Crippen LogP contribution is 2.29. The molecule has 0 aliphatic carbocycles. The lowest BCUT2D eigenvalue weighted by Gasteiger charge is -2.35. The second-order valence-electron chi connectivity index (χ2n) is 12.3. The predicted molar refractivity (Wildman–Crippen MR) is 172 cm³/mol. The molecule has 3 amide bonds. The van der Waals surface area contributed by atoms with Crippen molar-refractivity contribution in [3.63, 3.8) is 0 Å². The molecule has 1 saturated heterocycles. The number of amides is 3. The first-order valence-electron chi connectivity index (χ1n) is 15.4. The fourth-order valence-corrected chi connectivity index (χ4v) is 5.85. The van der Waals surface area contributed by atoms with Gasteiger partial charge >= 0.3 is 0 Å². The van der Waals surface area contributed by atoms with E-state index in [2.05, 4.69) is 15.6 Å². The number of likely N-dealkylation sites (tertiary alicyclic amines) is 1. The van der Waals surface area contributed by atoms with Crippen molar-refractivity contribution in [3.05, 3.63) is 41.0 Å². The minimum atomic E-state index is -0.900. The molecular weight excluding hydrogens is 598 g/mol. The van der Waals surface area contributed by atoms with Gasteiger partial charge in [-0.1, -0.05) is 45.0 Å². The van der Waals surface area contributed by atoms with Crippen LogP contribution in [0, 0.1) is 12.3 Å². The summed E-state index contributed by atoms with van der Waals surface area (Å²) < 4.78 is 16.1. The molecule has 1 aliphatic heterocycles. The van der Waals surface area contributed by atoms with Crippen LogP contribution in [0.15, 0.2) is 29.8 Å². The molecule has 3 rings (SSSR count). The Hall–Kier alpha value is -2.94. The minimum Gasteiger partial charge on any atom is -0.391 e. The van der Waals surface area contributed by atoms with Gasteiger partial charge in [-0.05, 0) is 30.4 Å². The summed E-state index contributed by atoms with van der Waals surface area (Å²) >= 11 is 1.58. The number of carbonyl (C=O) groups excluding carboxylic acids is 3. The third kappa shape index (κ3) is 11.1. The average Bonchev–Trinajstić information content (AvgIpc) is 3.61. The summed E-state index contributed by atoms with van der Waals surface area (Å²) in [7, 11) is 0. The molecular formula is C32H49N5O7S. The van der Waals surface area contributed by atoms with Crippen LogP contribution in [-0.4, -0.2) is 104 Å². The molecule has 4 atom stereocenters. The van der Waals surface area contributed by atoms with E-state index in [0.717, 1.165) is 21.7 Å².